The van der Waals surface area contributed by atoms with E-state index < -0.39 is 23.7 Å². The number of hydrogen-bond donors (Lipinski definition) is 2. The second kappa shape index (κ2) is 5.47. The molecule has 1 heterocycles. The van der Waals surface area contributed by atoms with Crippen LogP contribution >= 0.6 is 0 Å². The molecule has 1 fully saturated rings. The van der Waals surface area contributed by atoms with Gasteiger partial charge in [-0.2, -0.15) is 23.3 Å². The van der Waals surface area contributed by atoms with Crippen molar-refractivity contribution in [1.29, 1.82) is 0 Å². The second-order valence-corrected chi connectivity index (χ2v) is 6.30. The monoisotopic (exact) mass is 342 g/mol. The molecule has 0 aromatic heterocycles. The molecule has 0 spiro atoms. The fraction of sp³-hybridized carbons (Fsp3) is 0.500. The van der Waals surface area contributed by atoms with Crippen LogP contribution in [0.4, 0.5) is 13.2 Å². The van der Waals surface area contributed by atoms with Crippen LogP contribution < -0.4 is 0 Å². The maximum absolute atomic E-state index is 13.7. The summed E-state index contributed by atoms with van der Waals surface area (Å²) in [6.45, 7) is 1.75. The van der Waals surface area contributed by atoms with Gasteiger partial charge in [0.15, 0.2) is 0 Å². The summed E-state index contributed by atoms with van der Waals surface area (Å²) in [7, 11) is 0. The zero-order valence-electron chi connectivity index (χ0n) is 12.9. The lowest BCUT2D eigenvalue weighted by Gasteiger charge is -2.39. The normalized spacial score (nSPS) is 30.0. The number of phenolic OH excluding ortho intramolecular Hbond substituents is 1. The maximum atomic E-state index is 13.7. The van der Waals surface area contributed by atoms with E-state index in [1.807, 2.05) is 0 Å². The van der Waals surface area contributed by atoms with Crippen LogP contribution in [0.3, 0.4) is 0 Å². The fourth-order valence-electron chi connectivity index (χ4n) is 3.43. The van der Waals surface area contributed by atoms with Gasteiger partial charge in [0.25, 0.3) is 11.6 Å². The van der Waals surface area contributed by atoms with Crippen LogP contribution in [0, 0.1) is 11.8 Å². The molecule has 3 rings (SSSR count). The van der Waals surface area contributed by atoms with E-state index in [-0.39, 0.29) is 34.4 Å². The first-order valence-electron chi connectivity index (χ1n) is 7.67. The standard InChI is InChI=1S/C16H17F3N2O3/c1-9-3-2-4-12-13(9)20-21(15(12,24)16(17,18)19)14(23)10-5-7-11(22)8-6-10/h5-9,12,22,24H,2-4H2,1H3/t9-,12+,15+/m1/s1. The molecule has 1 aromatic carbocycles. The SMILES string of the molecule is C[C@@H]1CCC[C@H]2C1=NN(C(=O)c1ccc(O)cc1)[C@@]2(O)C(F)(F)F. The lowest BCUT2D eigenvalue weighted by Crippen LogP contribution is -2.61. The van der Waals surface area contributed by atoms with E-state index in [4.69, 9.17) is 0 Å². The summed E-state index contributed by atoms with van der Waals surface area (Å²) in [6, 6.07) is 4.78. The van der Waals surface area contributed by atoms with Gasteiger partial charge in [0.05, 0.1) is 5.92 Å². The average molecular weight is 342 g/mol. The number of aliphatic hydroxyl groups is 1. The van der Waals surface area contributed by atoms with Gasteiger partial charge in [-0.3, -0.25) is 4.79 Å². The molecule has 0 bridgehead atoms. The van der Waals surface area contributed by atoms with Crippen LogP contribution in [0.2, 0.25) is 0 Å². The molecule has 1 aliphatic heterocycles. The van der Waals surface area contributed by atoms with Crippen molar-refractivity contribution in [2.24, 2.45) is 16.9 Å². The lowest BCUT2D eigenvalue weighted by atomic mass is 9.75. The molecule has 2 aliphatic rings. The average Bonchev–Trinajstić information content (AvgIpc) is 2.83. The van der Waals surface area contributed by atoms with Gasteiger partial charge < -0.3 is 10.2 Å². The first-order valence-corrected chi connectivity index (χ1v) is 7.67. The topological polar surface area (TPSA) is 73.1 Å². The predicted octanol–water partition coefficient (Wildman–Crippen LogP) is 2.89. The zero-order valence-corrected chi connectivity index (χ0v) is 12.9. The van der Waals surface area contributed by atoms with Crippen molar-refractivity contribution in [1.82, 2.24) is 5.01 Å². The van der Waals surface area contributed by atoms with Crippen molar-refractivity contribution in [3.8, 4) is 5.75 Å². The molecule has 3 atom stereocenters. The molecule has 8 heteroatoms. The minimum atomic E-state index is -5.04. The Morgan fingerprint density at radius 1 is 1.29 bits per heavy atom. The quantitative estimate of drug-likeness (QED) is 0.824. The highest BCUT2D eigenvalue weighted by Gasteiger charge is 2.69. The number of phenols is 1. The number of hydrogen-bond acceptors (Lipinski definition) is 4. The minimum Gasteiger partial charge on any atom is -0.508 e. The molecule has 0 radical (unpaired) electrons. The van der Waals surface area contributed by atoms with Crippen LogP contribution in [0.1, 0.15) is 36.5 Å². The number of rotatable bonds is 1. The van der Waals surface area contributed by atoms with Crippen LogP contribution in [-0.4, -0.2) is 38.7 Å². The largest absolute Gasteiger partial charge is 0.508 e. The first-order chi connectivity index (χ1) is 11.2. The number of amides is 1. The number of benzene rings is 1. The predicted molar refractivity (Wildman–Crippen MR) is 79.2 cm³/mol. The van der Waals surface area contributed by atoms with Crippen LogP contribution in [0.25, 0.3) is 0 Å². The summed E-state index contributed by atoms with van der Waals surface area (Å²) in [5, 5.41) is 23.8. The molecule has 1 amide bonds. The third-order valence-corrected chi connectivity index (χ3v) is 4.74. The van der Waals surface area contributed by atoms with E-state index in [0.29, 0.717) is 12.8 Å². The Morgan fingerprint density at radius 3 is 2.50 bits per heavy atom. The Labute approximate surface area is 136 Å². The lowest BCUT2D eigenvalue weighted by molar-refractivity contribution is -0.312. The van der Waals surface area contributed by atoms with Gasteiger partial charge in [-0.05, 0) is 43.0 Å². The highest BCUT2D eigenvalue weighted by molar-refractivity contribution is 6.00. The molecule has 5 nitrogen and oxygen atoms in total. The summed E-state index contributed by atoms with van der Waals surface area (Å²) in [5.41, 5.74) is -3.22. The number of carbonyl (C=O) groups excluding carboxylic acids is 1. The molecular weight excluding hydrogens is 325 g/mol. The molecular formula is C16H17F3N2O3. The number of fused-ring (bicyclic) bond motifs is 1. The van der Waals surface area contributed by atoms with E-state index in [1.54, 1.807) is 6.92 Å². The molecule has 1 saturated carbocycles. The van der Waals surface area contributed by atoms with Gasteiger partial charge in [0.2, 0.25) is 0 Å². The molecule has 1 aliphatic carbocycles. The highest BCUT2D eigenvalue weighted by Crippen LogP contribution is 2.49. The van der Waals surface area contributed by atoms with Gasteiger partial charge in [0, 0.05) is 11.3 Å². The number of hydrazone groups is 1. The van der Waals surface area contributed by atoms with Crippen molar-refractivity contribution < 1.29 is 28.2 Å². The summed E-state index contributed by atoms with van der Waals surface area (Å²) < 4.78 is 41.0. The Kier molecular flexibility index (Phi) is 3.82. The summed E-state index contributed by atoms with van der Waals surface area (Å²) in [6.07, 6.45) is -3.71. The van der Waals surface area contributed by atoms with E-state index in [0.717, 1.165) is 0 Å². The van der Waals surface area contributed by atoms with Crippen LogP contribution in [0.5, 0.6) is 5.75 Å². The maximum Gasteiger partial charge on any atom is 0.439 e. The molecule has 1 aromatic rings. The van der Waals surface area contributed by atoms with Crippen LogP contribution in [-0.2, 0) is 0 Å². The first kappa shape index (κ1) is 16.8. The van der Waals surface area contributed by atoms with Crippen LogP contribution in [0.15, 0.2) is 29.4 Å². The van der Waals surface area contributed by atoms with Gasteiger partial charge >= 0.3 is 6.18 Å². The van der Waals surface area contributed by atoms with E-state index in [9.17, 15) is 28.2 Å². The van der Waals surface area contributed by atoms with Gasteiger partial charge in [0.1, 0.15) is 5.75 Å². The van der Waals surface area contributed by atoms with Crippen molar-refractivity contribution in [3.63, 3.8) is 0 Å². The molecule has 0 saturated heterocycles. The van der Waals surface area contributed by atoms with E-state index in [2.05, 4.69) is 5.10 Å². The number of nitrogens with zero attached hydrogens (tertiary/aromatic N) is 2. The van der Waals surface area contributed by atoms with Crippen molar-refractivity contribution >= 4 is 11.6 Å². The van der Waals surface area contributed by atoms with Crippen molar-refractivity contribution in [3.05, 3.63) is 29.8 Å². The second-order valence-electron chi connectivity index (χ2n) is 6.30. The number of halogens is 3. The number of carbonyl (C=O) groups is 1. The third kappa shape index (κ3) is 2.36. The number of aromatic hydroxyl groups is 1. The van der Waals surface area contributed by atoms with Gasteiger partial charge in [-0.1, -0.05) is 13.3 Å². The Hall–Kier alpha value is -2.09. The Morgan fingerprint density at radius 2 is 1.92 bits per heavy atom. The number of alkyl halides is 3. The molecule has 0 unspecified atom stereocenters. The summed E-state index contributed by atoms with van der Waals surface area (Å²) in [5.74, 6) is -2.64. The summed E-state index contributed by atoms with van der Waals surface area (Å²) in [4.78, 5) is 12.5. The van der Waals surface area contributed by atoms with Crippen molar-refractivity contribution in [2.45, 2.75) is 38.1 Å². The Balaban J connectivity index is 2.06. The molecule has 130 valence electrons. The van der Waals surface area contributed by atoms with Gasteiger partial charge in [-0.15, -0.1) is 0 Å². The third-order valence-electron chi connectivity index (χ3n) is 4.74. The van der Waals surface area contributed by atoms with Gasteiger partial charge in [-0.25, -0.2) is 0 Å². The molecule has 2 N–H and O–H groups in total. The van der Waals surface area contributed by atoms with Crippen molar-refractivity contribution in [2.75, 3.05) is 0 Å². The Bertz CT molecular complexity index is 687. The smallest absolute Gasteiger partial charge is 0.439 e. The molecule has 24 heavy (non-hydrogen) atoms. The fourth-order valence-corrected chi connectivity index (χ4v) is 3.43. The minimum absolute atomic E-state index is 0.0916. The summed E-state index contributed by atoms with van der Waals surface area (Å²) >= 11 is 0. The van der Waals surface area contributed by atoms with E-state index in [1.165, 1.54) is 24.3 Å². The zero-order chi connectivity index (χ0) is 17.7. The van der Waals surface area contributed by atoms with E-state index >= 15 is 0 Å². The highest BCUT2D eigenvalue weighted by atomic mass is 19.4.